The number of benzene rings is 2. The third kappa shape index (κ3) is 1.34. The fraction of sp³-hybridized carbons (Fsp3) is 0.444. The van der Waals surface area contributed by atoms with Gasteiger partial charge in [0.05, 0.1) is 0 Å². The number of hydrogen-bond acceptors (Lipinski definition) is 2. The van der Waals surface area contributed by atoms with Crippen LogP contribution >= 0.6 is 0 Å². The molecule has 2 aliphatic rings. The van der Waals surface area contributed by atoms with E-state index in [1.54, 1.807) is 0 Å². The van der Waals surface area contributed by atoms with Crippen molar-refractivity contribution in [2.24, 2.45) is 0 Å². The maximum atomic E-state index is 6.15. The van der Waals surface area contributed by atoms with Crippen molar-refractivity contribution in [3.8, 4) is 5.75 Å². The van der Waals surface area contributed by atoms with Gasteiger partial charge in [-0.1, -0.05) is 19.1 Å². The molecule has 20 heavy (non-hydrogen) atoms. The van der Waals surface area contributed by atoms with Crippen LogP contribution in [0.15, 0.2) is 24.3 Å². The summed E-state index contributed by atoms with van der Waals surface area (Å²) in [6.45, 7) is 9.92. The fourth-order valence-electron chi connectivity index (χ4n) is 3.69. The van der Waals surface area contributed by atoms with Crippen molar-refractivity contribution < 1.29 is 4.74 Å². The van der Waals surface area contributed by atoms with Gasteiger partial charge in [-0.25, -0.2) is 0 Å². The quantitative estimate of drug-likeness (QED) is 0.789. The Morgan fingerprint density at radius 3 is 2.75 bits per heavy atom. The van der Waals surface area contributed by atoms with E-state index in [1.165, 1.54) is 34.0 Å². The van der Waals surface area contributed by atoms with Crippen LogP contribution in [0, 0.1) is 0 Å². The van der Waals surface area contributed by atoms with Gasteiger partial charge in [0, 0.05) is 34.6 Å². The highest BCUT2D eigenvalue weighted by Gasteiger charge is 2.37. The first-order valence-electron chi connectivity index (χ1n) is 7.57. The Morgan fingerprint density at radius 2 is 2.00 bits per heavy atom. The summed E-state index contributed by atoms with van der Waals surface area (Å²) >= 11 is 0. The van der Waals surface area contributed by atoms with Crippen molar-refractivity contribution in [1.82, 2.24) is 0 Å². The maximum absolute atomic E-state index is 6.15. The lowest BCUT2D eigenvalue weighted by Gasteiger charge is -2.26. The Balaban J connectivity index is 2.02. The van der Waals surface area contributed by atoms with Crippen molar-refractivity contribution >= 4 is 16.5 Å². The number of nitrogens with zero attached hydrogens (tertiary/aromatic N) is 1. The molecule has 1 atom stereocenters. The summed E-state index contributed by atoms with van der Waals surface area (Å²) in [6.07, 6.45) is 1.17. The van der Waals surface area contributed by atoms with Crippen LogP contribution in [0.4, 0.5) is 5.69 Å². The van der Waals surface area contributed by atoms with Crippen molar-refractivity contribution in [3.05, 3.63) is 35.4 Å². The van der Waals surface area contributed by atoms with Crippen LogP contribution in [0.1, 0.15) is 45.2 Å². The molecule has 4 rings (SSSR count). The van der Waals surface area contributed by atoms with Gasteiger partial charge in [-0.05, 0) is 44.9 Å². The van der Waals surface area contributed by atoms with Crippen LogP contribution in [0.2, 0.25) is 0 Å². The van der Waals surface area contributed by atoms with Crippen molar-refractivity contribution in [3.63, 3.8) is 0 Å². The Labute approximate surface area is 120 Å². The van der Waals surface area contributed by atoms with E-state index in [0.717, 1.165) is 12.3 Å². The molecule has 0 amide bonds. The van der Waals surface area contributed by atoms with Crippen LogP contribution < -0.4 is 9.64 Å². The van der Waals surface area contributed by atoms with Crippen LogP contribution in [-0.4, -0.2) is 6.04 Å². The second-order valence-corrected chi connectivity index (χ2v) is 6.60. The molecule has 0 fully saturated rings. The first kappa shape index (κ1) is 12.1. The van der Waals surface area contributed by atoms with E-state index >= 15 is 0 Å². The highest BCUT2D eigenvalue weighted by molar-refractivity contribution is 6.06. The average Bonchev–Trinajstić information content (AvgIpc) is 2.91. The lowest BCUT2D eigenvalue weighted by atomic mass is 9.93. The lowest BCUT2D eigenvalue weighted by molar-refractivity contribution is 0.125. The van der Waals surface area contributed by atoms with Gasteiger partial charge in [-0.2, -0.15) is 0 Å². The summed E-state index contributed by atoms with van der Waals surface area (Å²) in [5, 5.41) is 2.77. The Kier molecular flexibility index (Phi) is 2.23. The minimum Gasteiger partial charge on any atom is -0.482 e. The molecule has 0 aromatic heterocycles. The van der Waals surface area contributed by atoms with E-state index in [0.29, 0.717) is 6.04 Å². The molecule has 2 heterocycles. The Hall–Kier alpha value is -1.70. The molecule has 0 bridgehead atoms. The third-order valence-corrected chi connectivity index (χ3v) is 4.97. The Bertz CT molecular complexity index is 717. The van der Waals surface area contributed by atoms with Gasteiger partial charge in [0.2, 0.25) is 0 Å². The molecular weight excluding hydrogens is 246 g/mol. The zero-order valence-corrected chi connectivity index (χ0v) is 12.7. The second-order valence-electron chi connectivity index (χ2n) is 6.60. The average molecular weight is 267 g/mol. The lowest BCUT2D eigenvalue weighted by Crippen LogP contribution is -2.29. The van der Waals surface area contributed by atoms with E-state index in [1.807, 2.05) is 0 Å². The Morgan fingerprint density at radius 1 is 1.20 bits per heavy atom. The topological polar surface area (TPSA) is 12.5 Å². The molecule has 1 unspecified atom stereocenters. The highest BCUT2D eigenvalue weighted by atomic mass is 16.5. The zero-order chi connectivity index (χ0) is 14.1. The minimum atomic E-state index is -0.205. The molecule has 0 spiro atoms. The van der Waals surface area contributed by atoms with Crippen LogP contribution in [0.5, 0.6) is 5.75 Å². The van der Waals surface area contributed by atoms with Crippen LogP contribution in [-0.2, 0) is 12.1 Å². The van der Waals surface area contributed by atoms with E-state index in [-0.39, 0.29) is 5.60 Å². The molecule has 2 aliphatic heterocycles. The van der Waals surface area contributed by atoms with Gasteiger partial charge in [0.15, 0.2) is 0 Å². The van der Waals surface area contributed by atoms with E-state index in [4.69, 9.17) is 4.74 Å². The normalized spacial score (nSPS) is 19.5. The summed E-state index contributed by atoms with van der Waals surface area (Å²) in [5.41, 5.74) is 3.96. The number of anilines is 1. The molecule has 104 valence electrons. The number of rotatable bonds is 2. The molecule has 0 saturated heterocycles. The summed E-state index contributed by atoms with van der Waals surface area (Å²) in [4.78, 5) is 2.53. The third-order valence-electron chi connectivity index (χ3n) is 4.97. The summed E-state index contributed by atoms with van der Waals surface area (Å²) in [6, 6.07) is 9.53. The van der Waals surface area contributed by atoms with E-state index in [2.05, 4.69) is 56.9 Å². The summed E-state index contributed by atoms with van der Waals surface area (Å²) < 4.78 is 6.15. The molecule has 2 nitrogen and oxygen atoms in total. The smallest absolute Gasteiger partial charge is 0.129 e. The van der Waals surface area contributed by atoms with Gasteiger partial charge in [0.25, 0.3) is 0 Å². The van der Waals surface area contributed by atoms with E-state index in [9.17, 15) is 0 Å². The van der Waals surface area contributed by atoms with Gasteiger partial charge >= 0.3 is 0 Å². The molecule has 0 aliphatic carbocycles. The molecule has 2 aromatic carbocycles. The van der Waals surface area contributed by atoms with Crippen molar-refractivity contribution in [2.45, 2.75) is 52.3 Å². The SMILES string of the molecule is CCC(C)N1Cc2ccc3c4c(ccc1c24)OC3(C)C. The molecule has 0 N–H and O–H groups in total. The van der Waals surface area contributed by atoms with Crippen LogP contribution in [0.3, 0.4) is 0 Å². The molecular formula is C18H21NO. The van der Waals surface area contributed by atoms with Crippen molar-refractivity contribution in [2.75, 3.05) is 4.90 Å². The van der Waals surface area contributed by atoms with Gasteiger partial charge in [0.1, 0.15) is 11.4 Å². The largest absolute Gasteiger partial charge is 0.482 e. The predicted octanol–water partition coefficient (Wildman–Crippen LogP) is 4.59. The first-order chi connectivity index (χ1) is 9.53. The second kappa shape index (κ2) is 3.69. The van der Waals surface area contributed by atoms with Gasteiger partial charge < -0.3 is 9.64 Å². The fourth-order valence-corrected chi connectivity index (χ4v) is 3.69. The monoisotopic (exact) mass is 267 g/mol. The first-order valence-corrected chi connectivity index (χ1v) is 7.57. The maximum Gasteiger partial charge on any atom is 0.129 e. The van der Waals surface area contributed by atoms with Crippen LogP contribution in [0.25, 0.3) is 10.8 Å². The zero-order valence-electron chi connectivity index (χ0n) is 12.7. The predicted molar refractivity (Wildman–Crippen MR) is 83.5 cm³/mol. The van der Waals surface area contributed by atoms with Crippen molar-refractivity contribution in [1.29, 1.82) is 0 Å². The number of ether oxygens (including phenoxy) is 1. The standard InChI is InChI=1S/C18H21NO/c1-5-11(2)19-10-12-6-7-13-17-15(20-18(13,3)4)9-8-14(19)16(12)17/h6-9,11H,5,10H2,1-4H3. The molecule has 2 aromatic rings. The highest BCUT2D eigenvalue weighted by Crippen LogP contribution is 2.51. The molecule has 2 heteroatoms. The van der Waals surface area contributed by atoms with Gasteiger partial charge in [-0.15, -0.1) is 0 Å². The summed E-state index contributed by atoms with van der Waals surface area (Å²) in [5.74, 6) is 1.05. The molecule has 0 saturated carbocycles. The van der Waals surface area contributed by atoms with E-state index < -0.39 is 0 Å². The summed E-state index contributed by atoms with van der Waals surface area (Å²) in [7, 11) is 0. The molecule has 0 radical (unpaired) electrons. The number of hydrogen-bond donors (Lipinski definition) is 0. The minimum absolute atomic E-state index is 0.205. The van der Waals surface area contributed by atoms with Gasteiger partial charge in [-0.3, -0.25) is 0 Å².